The Kier molecular flexibility index (Phi) is 6.57. The SMILES string of the molecule is CC(C)CNCC1CCN(CCN2CCOCC2)C1. The summed E-state index contributed by atoms with van der Waals surface area (Å²) < 4.78 is 5.39. The minimum absolute atomic E-state index is 0.763. The third-order valence-corrected chi connectivity index (χ3v) is 4.19. The molecule has 0 radical (unpaired) electrons. The summed E-state index contributed by atoms with van der Waals surface area (Å²) in [6.45, 7) is 16.0. The lowest BCUT2D eigenvalue weighted by Gasteiger charge is -2.28. The van der Waals surface area contributed by atoms with Gasteiger partial charge in [-0.2, -0.15) is 0 Å². The molecule has 0 aromatic heterocycles. The molecule has 2 saturated heterocycles. The average molecular weight is 269 g/mol. The van der Waals surface area contributed by atoms with E-state index in [4.69, 9.17) is 4.74 Å². The predicted molar refractivity (Wildman–Crippen MR) is 79.5 cm³/mol. The molecule has 0 amide bonds. The summed E-state index contributed by atoms with van der Waals surface area (Å²) in [7, 11) is 0. The van der Waals surface area contributed by atoms with Gasteiger partial charge in [0.25, 0.3) is 0 Å². The van der Waals surface area contributed by atoms with E-state index in [2.05, 4.69) is 29.0 Å². The zero-order valence-electron chi connectivity index (χ0n) is 12.7. The van der Waals surface area contributed by atoms with Crippen molar-refractivity contribution in [2.24, 2.45) is 11.8 Å². The summed E-state index contributed by atoms with van der Waals surface area (Å²) in [5, 5.41) is 3.60. The smallest absolute Gasteiger partial charge is 0.0594 e. The molecule has 1 N–H and O–H groups in total. The highest BCUT2D eigenvalue weighted by Crippen LogP contribution is 2.15. The van der Waals surface area contributed by atoms with Crippen LogP contribution in [0.4, 0.5) is 0 Å². The topological polar surface area (TPSA) is 27.7 Å². The lowest BCUT2D eigenvalue weighted by Crippen LogP contribution is -2.41. The highest BCUT2D eigenvalue weighted by Gasteiger charge is 2.22. The number of ether oxygens (including phenoxy) is 1. The van der Waals surface area contributed by atoms with Crippen molar-refractivity contribution in [3.8, 4) is 0 Å². The van der Waals surface area contributed by atoms with E-state index in [9.17, 15) is 0 Å². The molecule has 0 aliphatic carbocycles. The van der Waals surface area contributed by atoms with Gasteiger partial charge in [0.05, 0.1) is 13.2 Å². The summed E-state index contributed by atoms with van der Waals surface area (Å²) in [5.41, 5.74) is 0. The Morgan fingerprint density at radius 1 is 1.11 bits per heavy atom. The summed E-state index contributed by atoms with van der Waals surface area (Å²) in [6.07, 6.45) is 1.37. The Bertz CT molecular complexity index is 242. The Balaban J connectivity index is 1.54. The van der Waals surface area contributed by atoms with Gasteiger partial charge >= 0.3 is 0 Å². The first-order chi connectivity index (χ1) is 9.24. The maximum Gasteiger partial charge on any atom is 0.0594 e. The number of hydrogen-bond donors (Lipinski definition) is 1. The van der Waals surface area contributed by atoms with Crippen LogP contribution in [-0.4, -0.2) is 75.4 Å². The first kappa shape index (κ1) is 15.2. The van der Waals surface area contributed by atoms with E-state index >= 15 is 0 Å². The molecular formula is C15H31N3O. The number of nitrogens with one attached hydrogen (secondary N) is 1. The van der Waals surface area contributed by atoms with Gasteiger partial charge in [0, 0.05) is 32.7 Å². The van der Waals surface area contributed by atoms with Gasteiger partial charge in [-0.15, -0.1) is 0 Å². The number of likely N-dealkylation sites (tertiary alicyclic amines) is 1. The number of morpholine rings is 1. The van der Waals surface area contributed by atoms with Gasteiger partial charge in [-0.1, -0.05) is 13.8 Å². The lowest BCUT2D eigenvalue weighted by atomic mass is 10.1. The van der Waals surface area contributed by atoms with Crippen LogP contribution < -0.4 is 5.32 Å². The molecule has 0 spiro atoms. The van der Waals surface area contributed by atoms with Crippen molar-refractivity contribution in [2.75, 3.05) is 65.6 Å². The second-order valence-electron chi connectivity index (χ2n) is 6.46. The molecule has 0 bridgehead atoms. The fourth-order valence-electron chi connectivity index (χ4n) is 2.97. The minimum atomic E-state index is 0.763. The van der Waals surface area contributed by atoms with Crippen molar-refractivity contribution in [2.45, 2.75) is 20.3 Å². The molecule has 1 unspecified atom stereocenters. The first-order valence-electron chi connectivity index (χ1n) is 7.97. The van der Waals surface area contributed by atoms with E-state index in [1.807, 2.05) is 0 Å². The molecule has 1 atom stereocenters. The largest absolute Gasteiger partial charge is 0.379 e. The Labute approximate surface area is 118 Å². The van der Waals surface area contributed by atoms with Gasteiger partial charge in [0.15, 0.2) is 0 Å². The molecule has 0 aromatic rings. The highest BCUT2D eigenvalue weighted by atomic mass is 16.5. The lowest BCUT2D eigenvalue weighted by molar-refractivity contribution is 0.0342. The third kappa shape index (κ3) is 5.78. The van der Waals surface area contributed by atoms with Crippen molar-refractivity contribution in [3.05, 3.63) is 0 Å². The Morgan fingerprint density at radius 2 is 1.84 bits per heavy atom. The van der Waals surface area contributed by atoms with Gasteiger partial charge in [-0.05, 0) is 37.9 Å². The number of hydrogen-bond acceptors (Lipinski definition) is 4. The Hall–Kier alpha value is -0.160. The molecule has 2 fully saturated rings. The van der Waals surface area contributed by atoms with Gasteiger partial charge in [0.2, 0.25) is 0 Å². The maximum atomic E-state index is 5.39. The zero-order valence-corrected chi connectivity index (χ0v) is 12.7. The van der Waals surface area contributed by atoms with E-state index in [0.29, 0.717) is 0 Å². The standard InChI is InChI=1S/C15H31N3O/c1-14(2)11-16-12-15-3-4-18(13-15)6-5-17-7-9-19-10-8-17/h14-16H,3-13H2,1-2H3. The summed E-state index contributed by atoms with van der Waals surface area (Å²) >= 11 is 0. The molecule has 0 aromatic carbocycles. The van der Waals surface area contributed by atoms with Crippen LogP contribution in [-0.2, 0) is 4.74 Å². The molecular weight excluding hydrogens is 238 g/mol. The fourth-order valence-corrected chi connectivity index (χ4v) is 2.97. The summed E-state index contributed by atoms with van der Waals surface area (Å²) in [5.74, 6) is 1.63. The monoisotopic (exact) mass is 269 g/mol. The second-order valence-corrected chi connectivity index (χ2v) is 6.46. The van der Waals surface area contributed by atoms with Gasteiger partial charge in [-0.25, -0.2) is 0 Å². The van der Waals surface area contributed by atoms with Crippen molar-refractivity contribution >= 4 is 0 Å². The van der Waals surface area contributed by atoms with E-state index < -0.39 is 0 Å². The molecule has 19 heavy (non-hydrogen) atoms. The van der Waals surface area contributed by atoms with Gasteiger partial charge in [-0.3, -0.25) is 4.90 Å². The molecule has 2 rings (SSSR count). The van der Waals surface area contributed by atoms with Crippen LogP contribution in [0, 0.1) is 11.8 Å². The van der Waals surface area contributed by atoms with Crippen LogP contribution in [0.2, 0.25) is 0 Å². The van der Waals surface area contributed by atoms with E-state index in [1.165, 1.54) is 39.1 Å². The van der Waals surface area contributed by atoms with Crippen molar-refractivity contribution in [1.29, 1.82) is 0 Å². The Morgan fingerprint density at radius 3 is 2.58 bits per heavy atom. The quantitative estimate of drug-likeness (QED) is 0.743. The second kappa shape index (κ2) is 8.20. The van der Waals surface area contributed by atoms with Crippen LogP contribution >= 0.6 is 0 Å². The first-order valence-corrected chi connectivity index (χ1v) is 7.97. The van der Waals surface area contributed by atoms with Gasteiger partial charge < -0.3 is 15.0 Å². The van der Waals surface area contributed by atoms with Crippen molar-refractivity contribution < 1.29 is 4.74 Å². The molecule has 112 valence electrons. The summed E-state index contributed by atoms with van der Waals surface area (Å²) in [6, 6.07) is 0. The van der Waals surface area contributed by atoms with Crippen LogP contribution in [0.1, 0.15) is 20.3 Å². The molecule has 2 aliphatic rings. The maximum absolute atomic E-state index is 5.39. The molecule has 2 aliphatic heterocycles. The number of rotatable bonds is 7. The normalized spacial score (nSPS) is 26.4. The summed E-state index contributed by atoms with van der Waals surface area (Å²) in [4.78, 5) is 5.17. The highest BCUT2D eigenvalue weighted by molar-refractivity contribution is 4.78. The van der Waals surface area contributed by atoms with E-state index in [0.717, 1.165) is 44.7 Å². The molecule has 4 heteroatoms. The number of nitrogens with zero attached hydrogens (tertiary/aromatic N) is 2. The molecule has 2 heterocycles. The molecule has 4 nitrogen and oxygen atoms in total. The van der Waals surface area contributed by atoms with Crippen LogP contribution in [0.3, 0.4) is 0 Å². The van der Waals surface area contributed by atoms with Crippen LogP contribution in [0.5, 0.6) is 0 Å². The van der Waals surface area contributed by atoms with E-state index in [1.54, 1.807) is 0 Å². The average Bonchev–Trinajstić information content (AvgIpc) is 2.85. The fraction of sp³-hybridized carbons (Fsp3) is 1.00. The van der Waals surface area contributed by atoms with Crippen LogP contribution in [0.15, 0.2) is 0 Å². The van der Waals surface area contributed by atoms with Crippen molar-refractivity contribution in [1.82, 2.24) is 15.1 Å². The molecule has 0 saturated carbocycles. The minimum Gasteiger partial charge on any atom is -0.379 e. The van der Waals surface area contributed by atoms with Gasteiger partial charge in [0.1, 0.15) is 0 Å². The van der Waals surface area contributed by atoms with E-state index in [-0.39, 0.29) is 0 Å². The predicted octanol–water partition coefficient (Wildman–Crippen LogP) is 0.886. The third-order valence-electron chi connectivity index (χ3n) is 4.19. The van der Waals surface area contributed by atoms with Crippen molar-refractivity contribution in [3.63, 3.8) is 0 Å². The van der Waals surface area contributed by atoms with Crippen LogP contribution in [0.25, 0.3) is 0 Å². The zero-order chi connectivity index (χ0) is 13.5.